The smallest absolute Gasteiger partial charge is 0.199 e. The Bertz CT molecular complexity index is 643. The van der Waals surface area contributed by atoms with Gasteiger partial charge in [0, 0.05) is 22.7 Å². The maximum Gasteiger partial charge on any atom is 0.199 e. The minimum atomic E-state index is -0.0638. The average molecular weight is 315 g/mol. The third-order valence-corrected chi connectivity index (χ3v) is 7.10. The number of benzene rings is 2. The van der Waals surface area contributed by atoms with E-state index in [0.29, 0.717) is 10.9 Å². The summed E-state index contributed by atoms with van der Waals surface area (Å²) in [6.45, 7) is 0.825. The van der Waals surface area contributed by atoms with Crippen LogP contribution in [0.5, 0.6) is 5.75 Å². The molecule has 1 unspecified atom stereocenters. The summed E-state index contributed by atoms with van der Waals surface area (Å²) in [5, 5.41) is 2.70. The lowest BCUT2D eigenvalue weighted by atomic mass is 10.1. The number of fused-ring (bicyclic) bond motifs is 1. The van der Waals surface area contributed by atoms with Crippen molar-refractivity contribution in [2.45, 2.75) is 43.3 Å². The van der Waals surface area contributed by atoms with Gasteiger partial charge in [-0.05, 0) is 55.3 Å². The molecule has 0 aliphatic carbocycles. The van der Waals surface area contributed by atoms with Gasteiger partial charge in [0.25, 0.3) is 0 Å². The van der Waals surface area contributed by atoms with Gasteiger partial charge in [-0.15, -0.1) is 0 Å². The third-order valence-electron chi connectivity index (χ3n) is 4.56. The molecule has 1 atom stereocenters. The molecule has 2 aromatic carbocycles. The highest BCUT2D eigenvalue weighted by molar-refractivity contribution is 7.97. The van der Waals surface area contributed by atoms with Gasteiger partial charge in [0.05, 0.1) is 6.61 Å². The molecule has 0 amide bonds. The van der Waals surface area contributed by atoms with Gasteiger partial charge in [-0.1, -0.05) is 12.1 Å². The lowest BCUT2D eigenvalue weighted by molar-refractivity contribution is -0.105. The zero-order chi connectivity index (χ0) is 14.8. The van der Waals surface area contributed by atoms with Gasteiger partial charge in [-0.3, -0.25) is 0 Å². The van der Waals surface area contributed by atoms with E-state index < -0.39 is 0 Å². The highest BCUT2D eigenvalue weighted by Crippen LogP contribution is 2.32. The van der Waals surface area contributed by atoms with E-state index in [9.17, 15) is 0 Å². The lowest BCUT2D eigenvalue weighted by Gasteiger charge is -2.23. The molecule has 0 aromatic heterocycles. The van der Waals surface area contributed by atoms with E-state index in [1.165, 1.54) is 41.5 Å². The van der Waals surface area contributed by atoms with Crippen molar-refractivity contribution in [1.29, 1.82) is 0 Å². The van der Waals surface area contributed by atoms with Crippen LogP contribution in [0.3, 0.4) is 0 Å². The van der Waals surface area contributed by atoms with Crippen molar-refractivity contribution in [2.24, 2.45) is 0 Å². The first-order valence-electron chi connectivity index (χ1n) is 8.39. The summed E-state index contributed by atoms with van der Waals surface area (Å²) in [5.41, 5.74) is 0. The Hall–Kier alpha value is -1.19. The van der Waals surface area contributed by atoms with Crippen LogP contribution in [-0.2, 0) is 15.6 Å². The second-order valence-corrected chi connectivity index (χ2v) is 8.40. The van der Waals surface area contributed by atoms with Crippen LogP contribution in [0, 0.1) is 0 Å². The van der Waals surface area contributed by atoms with Crippen LogP contribution < -0.4 is 4.74 Å². The monoisotopic (exact) mass is 315 g/mol. The minimum absolute atomic E-state index is 0.0638. The summed E-state index contributed by atoms with van der Waals surface area (Å²) in [7, 11) is 0.456. The predicted molar refractivity (Wildman–Crippen MR) is 92.8 cm³/mol. The van der Waals surface area contributed by atoms with E-state index in [1.54, 1.807) is 4.90 Å². The molecule has 0 radical (unpaired) electrons. The summed E-state index contributed by atoms with van der Waals surface area (Å²) in [6, 6.07) is 13.3. The molecule has 2 aliphatic rings. The minimum Gasteiger partial charge on any atom is -0.465 e. The third kappa shape index (κ3) is 2.97. The molecule has 2 fully saturated rings. The molecule has 3 heteroatoms. The van der Waals surface area contributed by atoms with E-state index in [1.807, 2.05) is 0 Å². The topological polar surface area (TPSA) is 18.5 Å². The zero-order valence-electron chi connectivity index (χ0n) is 12.9. The normalized spacial score (nSPS) is 23.0. The van der Waals surface area contributed by atoms with Crippen LogP contribution in [0.4, 0.5) is 0 Å². The number of rotatable bonds is 3. The SMILES string of the molecule is c1cc([S+]2CCCC2)c2ccc(OC3CCCCO3)cc2c1. The molecule has 116 valence electrons. The van der Waals surface area contributed by atoms with Gasteiger partial charge < -0.3 is 9.47 Å². The summed E-state index contributed by atoms with van der Waals surface area (Å²) in [5.74, 6) is 3.67. The van der Waals surface area contributed by atoms with Crippen LogP contribution in [-0.4, -0.2) is 24.4 Å². The van der Waals surface area contributed by atoms with Crippen molar-refractivity contribution >= 4 is 21.7 Å². The van der Waals surface area contributed by atoms with Gasteiger partial charge in [-0.25, -0.2) is 0 Å². The summed E-state index contributed by atoms with van der Waals surface area (Å²) in [6.07, 6.45) is 6.07. The average Bonchev–Trinajstić information content (AvgIpc) is 3.09. The van der Waals surface area contributed by atoms with Crippen molar-refractivity contribution in [3.63, 3.8) is 0 Å². The molecular formula is C19H23O2S+. The fourth-order valence-electron chi connectivity index (χ4n) is 3.39. The van der Waals surface area contributed by atoms with Crippen molar-refractivity contribution in [1.82, 2.24) is 0 Å². The Kier molecular flexibility index (Phi) is 4.26. The number of ether oxygens (including phenoxy) is 2. The first kappa shape index (κ1) is 14.4. The summed E-state index contributed by atoms with van der Waals surface area (Å²) < 4.78 is 11.7. The van der Waals surface area contributed by atoms with Crippen molar-refractivity contribution in [3.05, 3.63) is 36.4 Å². The van der Waals surface area contributed by atoms with Gasteiger partial charge in [0.2, 0.25) is 0 Å². The predicted octanol–water partition coefficient (Wildman–Crippen LogP) is 4.52. The molecule has 0 N–H and O–H groups in total. The van der Waals surface area contributed by atoms with Gasteiger partial charge in [-0.2, -0.15) is 0 Å². The largest absolute Gasteiger partial charge is 0.465 e. The molecule has 2 nitrogen and oxygen atoms in total. The van der Waals surface area contributed by atoms with E-state index >= 15 is 0 Å². The van der Waals surface area contributed by atoms with Crippen LogP contribution in [0.15, 0.2) is 41.3 Å². The second-order valence-electron chi connectivity index (χ2n) is 6.16. The Morgan fingerprint density at radius 3 is 2.73 bits per heavy atom. The standard InChI is InChI=1S/C19H23O2S/c1-2-11-20-19(8-1)21-16-9-10-17-15(14-16)6-5-7-18(17)22-12-3-4-13-22/h5-7,9-10,14,19H,1-4,8,11-13H2/q+1. The van der Waals surface area contributed by atoms with Crippen LogP contribution in [0.2, 0.25) is 0 Å². The number of hydrogen-bond acceptors (Lipinski definition) is 2. The van der Waals surface area contributed by atoms with Crippen LogP contribution >= 0.6 is 0 Å². The molecule has 0 spiro atoms. The first-order valence-corrected chi connectivity index (χ1v) is 9.95. The van der Waals surface area contributed by atoms with Gasteiger partial charge in [0.15, 0.2) is 11.2 Å². The van der Waals surface area contributed by atoms with Crippen molar-refractivity contribution in [2.75, 3.05) is 18.1 Å². The molecular weight excluding hydrogens is 292 g/mol. The van der Waals surface area contributed by atoms with Crippen molar-refractivity contribution < 1.29 is 9.47 Å². The lowest BCUT2D eigenvalue weighted by Crippen LogP contribution is -2.24. The van der Waals surface area contributed by atoms with Crippen LogP contribution in [0.25, 0.3) is 10.8 Å². The van der Waals surface area contributed by atoms with E-state index in [0.717, 1.165) is 25.2 Å². The zero-order valence-corrected chi connectivity index (χ0v) is 13.7. The molecule has 22 heavy (non-hydrogen) atoms. The second kappa shape index (κ2) is 6.51. The van der Waals surface area contributed by atoms with Gasteiger partial charge >= 0.3 is 0 Å². The van der Waals surface area contributed by atoms with E-state index in [2.05, 4.69) is 36.4 Å². The van der Waals surface area contributed by atoms with E-state index in [4.69, 9.17) is 9.47 Å². The van der Waals surface area contributed by atoms with Gasteiger partial charge in [0.1, 0.15) is 17.3 Å². The molecule has 0 bridgehead atoms. The molecule has 4 rings (SSSR count). The maximum atomic E-state index is 6.01. The molecule has 2 saturated heterocycles. The summed E-state index contributed by atoms with van der Waals surface area (Å²) in [4.78, 5) is 1.55. The Balaban J connectivity index is 1.60. The number of hydrogen-bond donors (Lipinski definition) is 0. The highest BCUT2D eigenvalue weighted by Gasteiger charge is 2.28. The maximum absolute atomic E-state index is 6.01. The molecule has 2 heterocycles. The molecule has 2 aromatic rings. The Morgan fingerprint density at radius 2 is 1.91 bits per heavy atom. The van der Waals surface area contributed by atoms with Crippen LogP contribution in [0.1, 0.15) is 32.1 Å². The highest BCUT2D eigenvalue weighted by atomic mass is 32.2. The quantitative estimate of drug-likeness (QED) is 0.776. The first-order chi connectivity index (χ1) is 10.9. The molecule has 0 saturated carbocycles. The fraction of sp³-hybridized carbons (Fsp3) is 0.474. The Labute approximate surface area is 135 Å². The fourth-order valence-corrected chi connectivity index (χ4v) is 5.90. The van der Waals surface area contributed by atoms with E-state index in [-0.39, 0.29) is 6.29 Å². The Morgan fingerprint density at radius 1 is 1.00 bits per heavy atom. The molecule has 2 aliphatic heterocycles. The summed E-state index contributed by atoms with van der Waals surface area (Å²) >= 11 is 0. The van der Waals surface area contributed by atoms with Crippen molar-refractivity contribution in [3.8, 4) is 5.75 Å².